The molecule has 204 valence electrons. The number of alkyl halides is 2. The molecule has 2 atom stereocenters. The van der Waals surface area contributed by atoms with E-state index in [-0.39, 0.29) is 50.6 Å². The van der Waals surface area contributed by atoms with E-state index in [0.29, 0.717) is 37.2 Å². The van der Waals surface area contributed by atoms with E-state index in [2.05, 4.69) is 25.2 Å². The lowest BCUT2D eigenvalue weighted by molar-refractivity contribution is -0.129. The average molecular weight is 586 g/mol. The average Bonchev–Trinajstić information content (AvgIpc) is 3.27. The van der Waals surface area contributed by atoms with Crippen LogP contribution in [0.1, 0.15) is 25.3 Å². The molecule has 0 aliphatic carbocycles. The van der Waals surface area contributed by atoms with Crippen LogP contribution in [0.15, 0.2) is 35.2 Å². The molecular formula is C23H27ClF2N7O3PS. The number of ether oxygens (including phenoxy) is 1. The fourth-order valence-corrected chi connectivity index (χ4v) is 5.99. The second kappa shape index (κ2) is 11.5. The van der Waals surface area contributed by atoms with Gasteiger partial charge in [0.25, 0.3) is 5.66 Å². The van der Waals surface area contributed by atoms with Gasteiger partial charge in [0.15, 0.2) is 0 Å². The van der Waals surface area contributed by atoms with Gasteiger partial charge in [-0.15, -0.1) is 5.10 Å². The smallest absolute Gasteiger partial charge is 0.284 e. The number of aromatic nitrogens is 3. The van der Waals surface area contributed by atoms with E-state index in [1.54, 1.807) is 17.0 Å². The highest BCUT2D eigenvalue weighted by Gasteiger charge is 2.31. The van der Waals surface area contributed by atoms with Crippen LogP contribution in [0.25, 0.3) is 11.1 Å². The first kappa shape index (κ1) is 28.2. The number of hydrogen-bond acceptors (Lipinski definition) is 7. The highest BCUT2D eigenvalue weighted by atomic mass is 35.5. The summed E-state index contributed by atoms with van der Waals surface area (Å²) in [5, 5.41) is 9.12. The Morgan fingerprint density at radius 1 is 1.32 bits per heavy atom. The van der Waals surface area contributed by atoms with Crippen molar-refractivity contribution in [2.75, 3.05) is 31.2 Å². The van der Waals surface area contributed by atoms with Crippen LogP contribution in [0.5, 0.6) is 5.75 Å². The highest BCUT2D eigenvalue weighted by Crippen LogP contribution is 2.46. The highest BCUT2D eigenvalue weighted by molar-refractivity contribution is 7.83. The van der Waals surface area contributed by atoms with Gasteiger partial charge in [0.1, 0.15) is 16.7 Å². The lowest BCUT2D eigenvalue weighted by atomic mass is 9.98. The van der Waals surface area contributed by atoms with Crippen LogP contribution >= 0.6 is 20.8 Å². The quantitative estimate of drug-likeness (QED) is 0.293. The Labute approximate surface area is 227 Å². The Kier molecular flexibility index (Phi) is 8.51. The van der Waals surface area contributed by atoms with Crippen molar-refractivity contribution in [2.24, 2.45) is 0 Å². The van der Waals surface area contributed by atoms with Gasteiger partial charge in [0.2, 0.25) is 17.8 Å². The predicted octanol–water partition coefficient (Wildman–Crippen LogP) is 4.01. The van der Waals surface area contributed by atoms with Crippen molar-refractivity contribution in [3.05, 3.63) is 40.9 Å². The van der Waals surface area contributed by atoms with Crippen molar-refractivity contribution < 1.29 is 22.5 Å². The number of halogens is 3. The summed E-state index contributed by atoms with van der Waals surface area (Å²) < 4.78 is 51.4. The number of nitrogens with one attached hydrogen (secondary N) is 3. The van der Waals surface area contributed by atoms with Crippen LogP contribution in [0, 0.1) is 0 Å². The number of carbonyl (C=O) groups is 1. The van der Waals surface area contributed by atoms with Gasteiger partial charge >= 0.3 is 0 Å². The Bertz CT molecular complexity index is 1360. The Hall–Kier alpha value is -2.86. The van der Waals surface area contributed by atoms with Crippen LogP contribution in [0.3, 0.4) is 0 Å². The molecule has 1 aliphatic heterocycles. The van der Waals surface area contributed by atoms with Crippen LogP contribution in [0.4, 0.5) is 26.4 Å². The van der Waals surface area contributed by atoms with E-state index in [1.807, 2.05) is 0 Å². The first-order chi connectivity index (χ1) is 18.0. The molecule has 0 spiro atoms. The third kappa shape index (κ3) is 6.40. The van der Waals surface area contributed by atoms with Gasteiger partial charge in [-0.05, 0) is 42.7 Å². The van der Waals surface area contributed by atoms with Crippen molar-refractivity contribution in [3.8, 4) is 16.9 Å². The molecule has 0 saturated carbocycles. The topological polar surface area (TPSA) is 138 Å². The van der Waals surface area contributed by atoms with Crippen molar-refractivity contribution in [1.29, 1.82) is 0 Å². The van der Waals surface area contributed by atoms with Crippen molar-refractivity contribution in [3.63, 3.8) is 0 Å². The number of carbonyl (C=O) groups excluding carboxylic acids is 1. The molecule has 15 heteroatoms. The summed E-state index contributed by atoms with van der Waals surface area (Å²) in [6.07, 6.45) is 1.26. The Morgan fingerprint density at radius 3 is 2.61 bits per heavy atom. The minimum Gasteiger partial charge on any atom is -0.495 e. The minimum atomic E-state index is -3.35. The molecule has 10 nitrogen and oxygen atoms in total. The minimum absolute atomic E-state index is 0.00323. The van der Waals surface area contributed by atoms with Gasteiger partial charge in [-0.3, -0.25) is 4.79 Å². The van der Waals surface area contributed by atoms with Crippen LogP contribution in [-0.2, 0) is 21.4 Å². The molecule has 1 saturated heterocycles. The molecule has 0 radical (unpaired) electrons. The second-order valence-electron chi connectivity index (χ2n) is 8.71. The van der Waals surface area contributed by atoms with E-state index in [1.165, 1.54) is 41.5 Å². The van der Waals surface area contributed by atoms with Crippen LogP contribution < -0.4 is 20.5 Å². The number of anilines is 3. The number of methoxy groups -OCH3 is 1. The fourth-order valence-electron chi connectivity index (χ4n) is 4.20. The summed E-state index contributed by atoms with van der Waals surface area (Å²) in [7, 11) is 1.23. The number of piperidine rings is 1. The molecule has 2 unspecified atom stereocenters. The molecule has 1 fully saturated rings. The van der Waals surface area contributed by atoms with Gasteiger partial charge in [0, 0.05) is 42.9 Å². The van der Waals surface area contributed by atoms with Crippen molar-refractivity contribution in [1.82, 2.24) is 24.8 Å². The predicted molar refractivity (Wildman–Crippen MR) is 146 cm³/mol. The van der Waals surface area contributed by atoms with E-state index < -0.39 is 16.6 Å². The third-order valence-corrected chi connectivity index (χ3v) is 7.95. The van der Waals surface area contributed by atoms with E-state index in [0.717, 1.165) is 0 Å². The molecular weight excluding hydrogens is 559 g/mol. The van der Waals surface area contributed by atoms with Gasteiger partial charge in [0.05, 0.1) is 17.0 Å². The molecule has 0 bridgehead atoms. The first-order valence-corrected chi connectivity index (χ1v) is 13.6. The number of nitrogen functional groups attached to an aromatic ring is 1. The Balaban J connectivity index is 1.66. The summed E-state index contributed by atoms with van der Waals surface area (Å²) >= 11 is 6.54. The summed E-state index contributed by atoms with van der Waals surface area (Å²) in [6.45, 7) is 2.64. The molecule has 1 amide bonds. The SMILES string of the molecule is COc1ccc(-c2c(Cl)cc(Nc3n[nH]c(N)n3)cc2C(F)(F)P)cc1S(=O)NC1CCN(C(C)=O)CC1. The zero-order valence-corrected chi connectivity index (χ0v) is 23.3. The number of nitrogens with zero attached hydrogens (tertiary/aromatic N) is 3. The maximum atomic E-state index is 14.8. The lowest BCUT2D eigenvalue weighted by Crippen LogP contribution is -2.44. The van der Waals surface area contributed by atoms with Crippen molar-refractivity contribution in [2.45, 2.75) is 36.4 Å². The molecule has 5 N–H and O–H groups in total. The van der Waals surface area contributed by atoms with E-state index in [9.17, 15) is 17.8 Å². The summed E-state index contributed by atoms with van der Waals surface area (Å²) in [4.78, 5) is 17.5. The number of likely N-dealkylation sites (tertiary alicyclic amines) is 1. The zero-order chi connectivity index (χ0) is 27.6. The standard InChI is InChI=1S/C23H27ClF2N7O3PS/c1-12(34)33-7-5-14(6-8-33)32-38(35)19-9-13(3-4-18(19)36-2)20-16(23(25,26)37)10-15(11-17(20)24)28-22-29-21(27)30-31-22/h3-4,9-11,14,32H,5-8,37H2,1-2H3,(H4,27,28,29,30,31). The van der Waals surface area contributed by atoms with E-state index >= 15 is 0 Å². The second-order valence-corrected chi connectivity index (χ2v) is 11.1. The third-order valence-electron chi connectivity index (χ3n) is 6.07. The van der Waals surface area contributed by atoms with Gasteiger partial charge in [-0.2, -0.15) is 13.8 Å². The fraction of sp³-hybridized carbons (Fsp3) is 0.348. The van der Waals surface area contributed by atoms with E-state index in [4.69, 9.17) is 22.1 Å². The number of H-pyrrole nitrogens is 1. The Morgan fingerprint density at radius 2 is 2.03 bits per heavy atom. The summed E-state index contributed by atoms with van der Waals surface area (Å²) in [5.41, 5.74) is 2.42. The monoisotopic (exact) mass is 585 g/mol. The largest absolute Gasteiger partial charge is 0.495 e. The molecule has 1 aromatic heterocycles. The number of nitrogens with two attached hydrogens (primary N) is 1. The molecule has 4 rings (SSSR count). The number of rotatable bonds is 8. The maximum absolute atomic E-state index is 14.8. The van der Waals surface area contributed by atoms with Crippen LogP contribution in [-0.4, -0.2) is 56.4 Å². The molecule has 2 heterocycles. The normalized spacial score (nSPS) is 15.4. The van der Waals surface area contributed by atoms with Crippen LogP contribution in [0.2, 0.25) is 5.02 Å². The molecule has 38 heavy (non-hydrogen) atoms. The zero-order valence-electron chi connectivity index (χ0n) is 20.6. The summed E-state index contributed by atoms with van der Waals surface area (Å²) in [6, 6.07) is 7.27. The van der Waals surface area contributed by atoms with Gasteiger partial charge in [-0.25, -0.2) is 14.0 Å². The number of hydrogen-bond donors (Lipinski definition) is 4. The molecule has 1 aliphatic rings. The molecule has 2 aromatic carbocycles. The lowest BCUT2D eigenvalue weighted by Gasteiger charge is -2.31. The number of benzene rings is 2. The van der Waals surface area contributed by atoms with Crippen molar-refractivity contribution >= 4 is 55.3 Å². The number of aromatic amines is 1. The summed E-state index contributed by atoms with van der Waals surface area (Å²) in [5.74, 6) is 0.482. The molecule has 3 aromatic rings. The van der Waals surface area contributed by atoms with Gasteiger partial charge in [-0.1, -0.05) is 26.9 Å². The van der Waals surface area contributed by atoms with Gasteiger partial charge < -0.3 is 20.7 Å². The maximum Gasteiger partial charge on any atom is 0.284 e. The first-order valence-electron chi connectivity index (χ1n) is 11.5. The number of amides is 1.